The van der Waals surface area contributed by atoms with Crippen molar-refractivity contribution in [1.29, 1.82) is 0 Å². The lowest BCUT2D eigenvalue weighted by Gasteiger charge is -2.24. The van der Waals surface area contributed by atoms with Crippen LogP contribution >= 0.6 is 0 Å². The van der Waals surface area contributed by atoms with Crippen molar-refractivity contribution in [1.82, 2.24) is 20.0 Å². The second-order valence-corrected chi connectivity index (χ2v) is 5.80. The number of aryl methyl sites for hydroxylation is 2. The largest absolute Gasteiger partial charge is 0.335 e. The molecule has 1 heterocycles. The number of rotatable bonds is 6. The number of hydrogen-bond acceptors (Lipinski definition) is 2. The van der Waals surface area contributed by atoms with Gasteiger partial charge in [-0.1, -0.05) is 12.2 Å². The van der Waals surface area contributed by atoms with Crippen LogP contribution in [0.1, 0.15) is 37.7 Å². The molecule has 0 radical (unpaired) electrons. The summed E-state index contributed by atoms with van der Waals surface area (Å²) in [5.74, 6) is 0. The summed E-state index contributed by atoms with van der Waals surface area (Å²) in [6.45, 7) is 15.1. The fourth-order valence-corrected chi connectivity index (χ4v) is 2.43. The van der Waals surface area contributed by atoms with Gasteiger partial charge in [0.05, 0.1) is 5.69 Å². The van der Waals surface area contributed by atoms with E-state index in [-0.39, 0.29) is 12.1 Å². The number of likely N-dealkylation sites (N-methyl/N-ethyl adjacent to an activating group) is 1. The lowest BCUT2D eigenvalue weighted by molar-refractivity contribution is 0.201. The maximum Gasteiger partial charge on any atom is 0.317 e. The van der Waals surface area contributed by atoms with Gasteiger partial charge in [-0.2, -0.15) is 5.10 Å². The first-order valence-electron chi connectivity index (χ1n) is 7.45. The summed E-state index contributed by atoms with van der Waals surface area (Å²) in [5.41, 5.74) is 4.39. The summed E-state index contributed by atoms with van der Waals surface area (Å²) in [6.07, 6.45) is 0.794. The standard InChI is InChI=1S/C16H28N4O/c1-8-20(10-11(2)3)16(21)17-12(4)9-15-13(5)18-19(7)14(15)6/h12H,2,8-10H2,1,3-7H3,(H,17,21). The van der Waals surface area contributed by atoms with Crippen LogP contribution in [-0.2, 0) is 13.5 Å². The monoisotopic (exact) mass is 292 g/mol. The Morgan fingerprint density at radius 2 is 2.10 bits per heavy atom. The predicted molar refractivity (Wildman–Crippen MR) is 86.4 cm³/mol. The van der Waals surface area contributed by atoms with Crippen molar-refractivity contribution < 1.29 is 4.79 Å². The summed E-state index contributed by atoms with van der Waals surface area (Å²) < 4.78 is 1.89. The van der Waals surface area contributed by atoms with Gasteiger partial charge in [0.15, 0.2) is 0 Å². The molecule has 1 N–H and O–H groups in total. The molecule has 21 heavy (non-hydrogen) atoms. The number of urea groups is 1. The van der Waals surface area contributed by atoms with E-state index < -0.39 is 0 Å². The maximum atomic E-state index is 12.2. The number of aromatic nitrogens is 2. The molecule has 1 atom stereocenters. The first-order chi connectivity index (χ1) is 9.76. The maximum absolute atomic E-state index is 12.2. The molecule has 1 unspecified atom stereocenters. The van der Waals surface area contributed by atoms with Gasteiger partial charge < -0.3 is 10.2 Å². The second-order valence-electron chi connectivity index (χ2n) is 5.80. The van der Waals surface area contributed by atoms with Gasteiger partial charge in [-0.25, -0.2) is 4.79 Å². The first kappa shape index (κ1) is 17.3. The van der Waals surface area contributed by atoms with Crippen LogP contribution in [0.15, 0.2) is 12.2 Å². The molecule has 0 aliphatic rings. The molecule has 5 heteroatoms. The van der Waals surface area contributed by atoms with Crippen LogP contribution in [0.25, 0.3) is 0 Å². The second kappa shape index (κ2) is 7.29. The van der Waals surface area contributed by atoms with Crippen LogP contribution in [0.2, 0.25) is 0 Å². The van der Waals surface area contributed by atoms with Gasteiger partial charge in [0.2, 0.25) is 0 Å². The Balaban J connectivity index is 2.66. The molecule has 1 aromatic rings. The summed E-state index contributed by atoms with van der Waals surface area (Å²) in [4.78, 5) is 14.0. The first-order valence-corrected chi connectivity index (χ1v) is 7.45. The molecule has 0 bridgehead atoms. The average molecular weight is 292 g/mol. The van der Waals surface area contributed by atoms with Crippen molar-refractivity contribution in [3.05, 3.63) is 29.1 Å². The molecular formula is C16H28N4O. The Hall–Kier alpha value is -1.78. The van der Waals surface area contributed by atoms with Gasteiger partial charge in [0.25, 0.3) is 0 Å². The number of hydrogen-bond donors (Lipinski definition) is 1. The molecule has 0 saturated carbocycles. The zero-order valence-electron chi connectivity index (χ0n) is 14.2. The van der Waals surface area contributed by atoms with E-state index in [0.717, 1.165) is 23.4 Å². The quantitative estimate of drug-likeness (QED) is 0.819. The molecule has 1 aromatic heterocycles. The minimum atomic E-state index is -0.0350. The van der Waals surface area contributed by atoms with Crippen molar-refractivity contribution in [3.8, 4) is 0 Å². The van der Waals surface area contributed by atoms with Gasteiger partial charge in [-0.15, -0.1) is 0 Å². The Morgan fingerprint density at radius 3 is 2.52 bits per heavy atom. The van der Waals surface area contributed by atoms with Gasteiger partial charge in [0.1, 0.15) is 0 Å². The van der Waals surface area contributed by atoms with E-state index in [9.17, 15) is 4.79 Å². The normalized spacial score (nSPS) is 12.1. The van der Waals surface area contributed by atoms with E-state index in [4.69, 9.17) is 0 Å². The highest BCUT2D eigenvalue weighted by molar-refractivity contribution is 5.74. The molecule has 5 nitrogen and oxygen atoms in total. The number of carbonyl (C=O) groups excluding carboxylic acids is 1. The van der Waals surface area contributed by atoms with E-state index >= 15 is 0 Å². The Morgan fingerprint density at radius 1 is 1.48 bits per heavy atom. The number of nitrogens with zero attached hydrogens (tertiary/aromatic N) is 3. The number of carbonyl (C=O) groups is 1. The Bertz CT molecular complexity index is 519. The average Bonchev–Trinajstić information content (AvgIpc) is 2.62. The molecule has 2 amide bonds. The van der Waals surface area contributed by atoms with E-state index in [0.29, 0.717) is 13.1 Å². The molecule has 0 aliphatic heterocycles. The predicted octanol–water partition coefficient (Wildman–Crippen LogP) is 2.58. The van der Waals surface area contributed by atoms with Crippen molar-refractivity contribution in [3.63, 3.8) is 0 Å². The summed E-state index contributed by atoms with van der Waals surface area (Å²) in [6, 6.07) is 0.0328. The fourth-order valence-electron chi connectivity index (χ4n) is 2.43. The van der Waals surface area contributed by atoms with E-state index in [1.54, 1.807) is 4.90 Å². The fraction of sp³-hybridized carbons (Fsp3) is 0.625. The molecule has 0 aliphatic carbocycles. The SMILES string of the molecule is C=C(C)CN(CC)C(=O)NC(C)Cc1c(C)nn(C)c1C. The molecule has 0 aromatic carbocycles. The minimum absolute atomic E-state index is 0.0350. The third-order valence-corrected chi connectivity index (χ3v) is 3.67. The van der Waals surface area contributed by atoms with Crippen LogP contribution < -0.4 is 5.32 Å². The summed E-state index contributed by atoms with van der Waals surface area (Å²) in [5, 5.41) is 7.47. The molecular weight excluding hydrogens is 264 g/mol. The van der Waals surface area contributed by atoms with Gasteiger partial charge >= 0.3 is 6.03 Å². The van der Waals surface area contributed by atoms with Crippen LogP contribution in [-0.4, -0.2) is 39.8 Å². The topological polar surface area (TPSA) is 50.2 Å². The number of amides is 2. The highest BCUT2D eigenvalue weighted by atomic mass is 16.2. The molecule has 118 valence electrons. The van der Waals surface area contributed by atoms with Crippen LogP contribution in [0.5, 0.6) is 0 Å². The molecule has 0 saturated heterocycles. The van der Waals surface area contributed by atoms with Crippen molar-refractivity contribution in [2.75, 3.05) is 13.1 Å². The van der Waals surface area contributed by atoms with E-state index in [1.165, 1.54) is 5.56 Å². The number of nitrogens with one attached hydrogen (secondary N) is 1. The lowest BCUT2D eigenvalue weighted by Crippen LogP contribution is -2.45. The third kappa shape index (κ3) is 4.62. The van der Waals surface area contributed by atoms with Crippen molar-refractivity contribution >= 4 is 6.03 Å². The molecule has 0 spiro atoms. The highest BCUT2D eigenvalue weighted by Crippen LogP contribution is 2.14. The summed E-state index contributed by atoms with van der Waals surface area (Å²) >= 11 is 0. The van der Waals surface area contributed by atoms with Crippen LogP contribution in [0.4, 0.5) is 4.79 Å². The smallest absolute Gasteiger partial charge is 0.317 e. The molecule has 0 fully saturated rings. The van der Waals surface area contributed by atoms with E-state index in [2.05, 4.69) is 23.9 Å². The lowest BCUT2D eigenvalue weighted by atomic mass is 10.1. The van der Waals surface area contributed by atoms with Gasteiger partial charge in [-0.05, 0) is 46.6 Å². The highest BCUT2D eigenvalue weighted by Gasteiger charge is 2.17. The van der Waals surface area contributed by atoms with E-state index in [1.807, 2.05) is 39.4 Å². The van der Waals surface area contributed by atoms with Crippen LogP contribution in [0.3, 0.4) is 0 Å². The van der Waals surface area contributed by atoms with Gasteiger partial charge in [-0.3, -0.25) is 4.68 Å². The van der Waals surface area contributed by atoms with Crippen LogP contribution in [0, 0.1) is 13.8 Å². The van der Waals surface area contributed by atoms with Gasteiger partial charge in [0, 0.05) is 31.9 Å². The molecule has 1 rings (SSSR count). The van der Waals surface area contributed by atoms with Crippen molar-refractivity contribution in [2.24, 2.45) is 7.05 Å². The Kier molecular flexibility index (Phi) is 6.00. The van der Waals surface area contributed by atoms with Crippen molar-refractivity contribution in [2.45, 2.75) is 47.1 Å². The zero-order valence-corrected chi connectivity index (χ0v) is 14.2. The Labute approximate surface area is 128 Å². The minimum Gasteiger partial charge on any atom is -0.335 e. The summed E-state index contributed by atoms with van der Waals surface area (Å²) in [7, 11) is 1.95. The zero-order chi connectivity index (χ0) is 16.2. The third-order valence-electron chi connectivity index (χ3n) is 3.67.